The van der Waals surface area contributed by atoms with Gasteiger partial charge in [-0.1, -0.05) is 34.6 Å². The normalized spacial score (nSPS) is 44.2. The van der Waals surface area contributed by atoms with Crippen LogP contribution in [0, 0.1) is 23.7 Å². The standard InChI is InChI=1S/C42H76N2O13/c1-15-17-43-39(48)57-35-23(3)18-28(22-40(35,8)49)54-34-26(6)36(56-38-33(46)29(44(11)12)19-25(5)53-38)41(9,52-14)21-24(4)30(45)20-32(51-13)42(10,50)31(16-2)55-37(47)27(34)7/h23-29,31-36,38,46,49-50H,15-22H2,1-14H3,(H,43,48)/t23-,24-,25-,26+,27-,28-,29+,31-,32-,33-,34+,35+,36-,38+,40-,41+,42-/m1/s1. The van der Waals surface area contributed by atoms with Gasteiger partial charge in [-0.2, -0.15) is 0 Å². The molecule has 2 heterocycles. The first-order valence-corrected chi connectivity index (χ1v) is 21.0. The number of rotatable bonds is 11. The maximum absolute atomic E-state index is 14.4. The number of hydrogen-bond acceptors (Lipinski definition) is 14. The van der Waals surface area contributed by atoms with Crippen LogP contribution in [0.15, 0.2) is 0 Å². The molecule has 0 aromatic heterocycles. The van der Waals surface area contributed by atoms with Crippen molar-refractivity contribution in [3.8, 4) is 0 Å². The summed E-state index contributed by atoms with van der Waals surface area (Å²) in [6.07, 6.45) is -6.30. The number of ether oxygens (including phenoxy) is 7. The molecule has 332 valence electrons. The van der Waals surface area contributed by atoms with E-state index in [4.69, 9.17) is 33.2 Å². The van der Waals surface area contributed by atoms with Crippen molar-refractivity contribution in [2.45, 2.75) is 192 Å². The molecule has 0 bridgehead atoms. The average Bonchev–Trinajstić information content (AvgIpc) is 3.13. The van der Waals surface area contributed by atoms with Crippen LogP contribution in [0.2, 0.25) is 0 Å². The number of methoxy groups -OCH3 is 2. The number of alkyl carbamates (subject to hydrolysis) is 1. The lowest BCUT2D eigenvalue weighted by atomic mass is 9.74. The zero-order valence-electron chi connectivity index (χ0n) is 37.1. The Hall–Kier alpha value is -1.95. The summed E-state index contributed by atoms with van der Waals surface area (Å²) < 4.78 is 44.0. The highest BCUT2D eigenvalue weighted by atomic mass is 16.7. The second kappa shape index (κ2) is 20.5. The predicted octanol–water partition coefficient (Wildman–Crippen LogP) is 4.00. The summed E-state index contributed by atoms with van der Waals surface area (Å²) in [5.74, 6) is -3.41. The number of amides is 1. The van der Waals surface area contributed by atoms with Gasteiger partial charge in [-0.05, 0) is 86.7 Å². The second-order valence-corrected chi connectivity index (χ2v) is 18.1. The Morgan fingerprint density at radius 2 is 1.61 bits per heavy atom. The number of esters is 1. The Morgan fingerprint density at radius 1 is 0.965 bits per heavy atom. The van der Waals surface area contributed by atoms with E-state index in [0.29, 0.717) is 19.4 Å². The number of nitrogens with zero attached hydrogens (tertiary/aromatic N) is 1. The molecule has 1 saturated carbocycles. The van der Waals surface area contributed by atoms with Gasteiger partial charge in [0.2, 0.25) is 0 Å². The number of carbonyl (C=O) groups excluding carboxylic acids is 3. The maximum Gasteiger partial charge on any atom is 0.407 e. The van der Waals surface area contributed by atoms with Crippen molar-refractivity contribution in [2.24, 2.45) is 23.7 Å². The van der Waals surface area contributed by atoms with Gasteiger partial charge in [0.05, 0.1) is 42.0 Å². The van der Waals surface area contributed by atoms with Crippen LogP contribution in [0.5, 0.6) is 0 Å². The Labute approximate surface area is 341 Å². The lowest BCUT2D eigenvalue weighted by molar-refractivity contribution is -0.304. The van der Waals surface area contributed by atoms with Crippen LogP contribution in [0.3, 0.4) is 0 Å². The molecule has 15 heteroatoms. The largest absolute Gasteiger partial charge is 0.459 e. The first-order chi connectivity index (χ1) is 26.5. The average molecular weight is 817 g/mol. The number of carbonyl (C=O) groups is 3. The van der Waals surface area contributed by atoms with Gasteiger partial charge in [-0.3, -0.25) is 9.59 Å². The van der Waals surface area contributed by atoms with Gasteiger partial charge < -0.3 is 58.7 Å². The Balaban J connectivity index is 2.17. The van der Waals surface area contributed by atoms with Gasteiger partial charge >= 0.3 is 12.1 Å². The van der Waals surface area contributed by atoms with Crippen LogP contribution in [0.1, 0.15) is 114 Å². The molecule has 57 heavy (non-hydrogen) atoms. The number of aliphatic hydroxyl groups is 3. The lowest BCUT2D eigenvalue weighted by Crippen LogP contribution is -2.61. The number of nitrogens with one attached hydrogen (secondary N) is 1. The molecule has 1 amide bonds. The third-order valence-corrected chi connectivity index (χ3v) is 12.9. The third kappa shape index (κ3) is 11.9. The molecule has 15 nitrogen and oxygen atoms in total. The SMILES string of the molecule is CCCNC(=O)O[C@H]1[C@H](C)C[C@@H](O[C@H]2[C@H](C)[C@@H](O[C@@H]3O[C@H](C)C[C@H](N(C)C)[C@H]3O)[C@@](C)(OC)C[C@@H](C)C(=O)C[C@@H](OC)[C@](C)(O)[C@@H](CC)OC(=O)[C@@H]2C)C[C@@]1(C)O. The van der Waals surface area contributed by atoms with Crippen LogP contribution in [0.4, 0.5) is 4.79 Å². The molecular weight excluding hydrogens is 740 g/mol. The van der Waals surface area contributed by atoms with Gasteiger partial charge in [-0.25, -0.2) is 4.79 Å². The van der Waals surface area contributed by atoms with E-state index in [1.54, 1.807) is 27.7 Å². The maximum atomic E-state index is 14.4. The molecule has 0 radical (unpaired) electrons. The van der Waals surface area contributed by atoms with Crippen LogP contribution >= 0.6 is 0 Å². The van der Waals surface area contributed by atoms with Crippen LogP contribution in [-0.2, 0) is 42.7 Å². The Kier molecular flexibility index (Phi) is 17.8. The number of Topliss-reactive ketones (excluding diaryl/α,β-unsaturated/α-hetero) is 1. The quantitative estimate of drug-likeness (QED) is 0.219. The molecule has 2 saturated heterocycles. The molecule has 4 N–H and O–H groups in total. The van der Waals surface area contributed by atoms with Gasteiger partial charge in [0.1, 0.15) is 35.3 Å². The Bertz CT molecular complexity index is 1310. The molecule has 3 aliphatic rings. The van der Waals surface area contributed by atoms with E-state index >= 15 is 0 Å². The van der Waals surface area contributed by atoms with Gasteiger partial charge in [-0.15, -0.1) is 0 Å². The number of hydrogen-bond donors (Lipinski definition) is 4. The van der Waals surface area contributed by atoms with Crippen molar-refractivity contribution in [2.75, 3.05) is 34.9 Å². The number of cyclic esters (lactones) is 1. The molecule has 3 fully saturated rings. The molecule has 0 aromatic rings. The summed E-state index contributed by atoms with van der Waals surface area (Å²) in [5, 5.41) is 38.0. The van der Waals surface area contributed by atoms with Gasteiger partial charge in [0, 0.05) is 51.5 Å². The summed E-state index contributed by atoms with van der Waals surface area (Å²) in [5.41, 5.74) is -4.42. The van der Waals surface area contributed by atoms with Crippen LogP contribution < -0.4 is 5.32 Å². The van der Waals surface area contributed by atoms with Crippen molar-refractivity contribution in [3.05, 3.63) is 0 Å². The minimum atomic E-state index is -1.72. The third-order valence-electron chi connectivity index (χ3n) is 12.9. The monoisotopic (exact) mass is 817 g/mol. The summed E-state index contributed by atoms with van der Waals surface area (Å²) in [6.45, 7) is 18.3. The fourth-order valence-corrected chi connectivity index (χ4v) is 9.41. The first-order valence-electron chi connectivity index (χ1n) is 21.0. The number of likely N-dealkylation sites (N-methyl/N-ethyl adjacent to an activating group) is 1. The van der Waals surface area contributed by atoms with Crippen molar-refractivity contribution in [3.63, 3.8) is 0 Å². The number of ketones is 1. The zero-order chi connectivity index (χ0) is 43.2. The zero-order valence-corrected chi connectivity index (χ0v) is 37.1. The van der Waals surface area contributed by atoms with E-state index in [1.165, 1.54) is 21.1 Å². The topological polar surface area (TPSA) is 192 Å². The fourth-order valence-electron chi connectivity index (χ4n) is 9.41. The van der Waals surface area contributed by atoms with Crippen molar-refractivity contribution >= 4 is 17.8 Å². The highest BCUT2D eigenvalue weighted by Gasteiger charge is 2.53. The fraction of sp³-hybridized carbons (Fsp3) is 0.929. The van der Waals surface area contributed by atoms with E-state index in [9.17, 15) is 29.7 Å². The van der Waals surface area contributed by atoms with E-state index < -0.39 is 95.6 Å². The highest BCUT2D eigenvalue weighted by Crippen LogP contribution is 2.42. The lowest BCUT2D eigenvalue weighted by Gasteiger charge is -2.49. The minimum Gasteiger partial charge on any atom is -0.459 e. The van der Waals surface area contributed by atoms with Crippen molar-refractivity contribution in [1.29, 1.82) is 0 Å². The van der Waals surface area contributed by atoms with Gasteiger partial charge in [0.15, 0.2) is 6.29 Å². The molecule has 17 atom stereocenters. The molecule has 2 aliphatic heterocycles. The number of aliphatic hydroxyl groups excluding tert-OH is 1. The summed E-state index contributed by atoms with van der Waals surface area (Å²) >= 11 is 0. The van der Waals surface area contributed by atoms with E-state index in [1.807, 2.05) is 53.6 Å². The Morgan fingerprint density at radius 3 is 2.16 bits per heavy atom. The molecule has 0 aromatic carbocycles. The van der Waals surface area contributed by atoms with E-state index in [2.05, 4.69) is 5.32 Å². The molecule has 0 spiro atoms. The smallest absolute Gasteiger partial charge is 0.407 e. The highest BCUT2D eigenvalue weighted by molar-refractivity contribution is 5.81. The molecule has 3 rings (SSSR count). The van der Waals surface area contributed by atoms with Crippen molar-refractivity contribution < 1.29 is 62.9 Å². The van der Waals surface area contributed by atoms with Crippen LogP contribution in [0.25, 0.3) is 0 Å². The van der Waals surface area contributed by atoms with Gasteiger partial charge in [0.25, 0.3) is 0 Å². The van der Waals surface area contributed by atoms with E-state index in [-0.39, 0.29) is 49.5 Å². The van der Waals surface area contributed by atoms with E-state index in [0.717, 1.165) is 6.42 Å². The minimum absolute atomic E-state index is 0.0843. The predicted molar refractivity (Wildman–Crippen MR) is 212 cm³/mol. The summed E-state index contributed by atoms with van der Waals surface area (Å²) in [4.78, 5) is 42.9. The molecule has 0 unspecified atom stereocenters. The second-order valence-electron chi connectivity index (χ2n) is 18.1. The summed E-state index contributed by atoms with van der Waals surface area (Å²) in [6, 6.07) is -0.280. The summed E-state index contributed by atoms with van der Waals surface area (Å²) in [7, 11) is 6.72. The molecular formula is C42H76N2O13. The van der Waals surface area contributed by atoms with Crippen molar-refractivity contribution in [1.82, 2.24) is 10.2 Å². The first kappa shape index (κ1) is 49.4. The molecule has 1 aliphatic carbocycles. The van der Waals surface area contributed by atoms with Crippen LogP contribution in [-0.4, -0.2) is 151 Å².